The third-order valence-electron chi connectivity index (χ3n) is 2.86. The van der Waals surface area contributed by atoms with E-state index in [1.54, 1.807) is 23.9 Å². The lowest BCUT2D eigenvalue weighted by molar-refractivity contribution is -0.143. The highest BCUT2D eigenvalue weighted by Crippen LogP contribution is 2.18. The lowest BCUT2D eigenvalue weighted by Crippen LogP contribution is -2.21. The zero-order valence-electron chi connectivity index (χ0n) is 12.3. The summed E-state index contributed by atoms with van der Waals surface area (Å²) in [7, 11) is 0. The smallest absolute Gasteiger partial charge is 0.306 e. The van der Waals surface area contributed by atoms with Crippen LogP contribution in [-0.4, -0.2) is 33.2 Å². The number of imidazole rings is 1. The maximum Gasteiger partial charge on any atom is 0.306 e. The van der Waals surface area contributed by atoms with Gasteiger partial charge in [-0.15, -0.1) is 11.3 Å². The van der Waals surface area contributed by atoms with Crippen LogP contribution >= 0.6 is 11.3 Å². The van der Waals surface area contributed by atoms with E-state index >= 15 is 0 Å². The van der Waals surface area contributed by atoms with E-state index in [2.05, 4.69) is 22.2 Å². The lowest BCUT2D eigenvalue weighted by Gasteiger charge is -2.13. The van der Waals surface area contributed by atoms with Crippen molar-refractivity contribution in [2.45, 2.75) is 39.3 Å². The van der Waals surface area contributed by atoms with Crippen LogP contribution in [0.5, 0.6) is 0 Å². The number of esters is 1. The normalized spacial score (nSPS) is 12.1. The van der Waals surface area contributed by atoms with E-state index in [0.29, 0.717) is 19.4 Å². The van der Waals surface area contributed by atoms with Crippen molar-refractivity contribution in [1.29, 1.82) is 0 Å². The van der Waals surface area contributed by atoms with E-state index < -0.39 is 0 Å². The van der Waals surface area contributed by atoms with Gasteiger partial charge >= 0.3 is 5.97 Å². The number of thiazole rings is 1. The molecule has 7 heteroatoms. The molecular weight excluding hydrogens is 288 g/mol. The molecule has 21 heavy (non-hydrogen) atoms. The number of rotatable bonds is 8. The molecule has 0 bridgehead atoms. The Morgan fingerprint density at radius 3 is 3.14 bits per heavy atom. The average Bonchev–Trinajstić information content (AvgIpc) is 3.08. The van der Waals surface area contributed by atoms with E-state index in [4.69, 9.17) is 4.74 Å². The highest BCUT2D eigenvalue weighted by molar-refractivity contribution is 7.13. The van der Waals surface area contributed by atoms with Gasteiger partial charge in [0, 0.05) is 36.8 Å². The fourth-order valence-electron chi connectivity index (χ4n) is 1.92. The first-order valence-corrected chi connectivity index (χ1v) is 7.87. The summed E-state index contributed by atoms with van der Waals surface area (Å²) in [5.74, 6) is -0.173. The monoisotopic (exact) mass is 308 g/mol. The Bertz CT molecular complexity index is 553. The second-order valence-electron chi connectivity index (χ2n) is 4.75. The van der Waals surface area contributed by atoms with Crippen LogP contribution in [0.15, 0.2) is 24.1 Å². The highest BCUT2D eigenvalue weighted by Gasteiger charge is 2.09. The highest BCUT2D eigenvalue weighted by atomic mass is 32.1. The van der Waals surface area contributed by atoms with Crippen LogP contribution in [0, 0.1) is 0 Å². The van der Waals surface area contributed by atoms with E-state index in [-0.39, 0.29) is 12.0 Å². The predicted molar refractivity (Wildman–Crippen MR) is 82.4 cm³/mol. The van der Waals surface area contributed by atoms with E-state index in [0.717, 1.165) is 17.4 Å². The molecule has 0 spiro atoms. The van der Waals surface area contributed by atoms with Gasteiger partial charge in [0.15, 0.2) is 5.13 Å². The molecule has 1 atom stereocenters. The SMILES string of the molecule is CCOC(=O)CCc1csc(NC(C)Cn2ccnc2)n1. The first-order chi connectivity index (χ1) is 10.2. The van der Waals surface area contributed by atoms with Crippen molar-refractivity contribution in [1.82, 2.24) is 14.5 Å². The quantitative estimate of drug-likeness (QED) is 0.758. The summed E-state index contributed by atoms with van der Waals surface area (Å²) in [5.41, 5.74) is 0.922. The Labute approximate surface area is 128 Å². The summed E-state index contributed by atoms with van der Waals surface area (Å²) in [5, 5.41) is 6.21. The number of carbonyl (C=O) groups is 1. The van der Waals surface area contributed by atoms with Crippen LogP contribution in [0.3, 0.4) is 0 Å². The van der Waals surface area contributed by atoms with Crippen molar-refractivity contribution in [3.8, 4) is 0 Å². The molecule has 1 N–H and O–H groups in total. The lowest BCUT2D eigenvalue weighted by atomic mass is 10.2. The standard InChI is InChI=1S/C14H20N4O2S/c1-3-20-13(19)5-4-12-9-21-14(17-12)16-11(2)8-18-7-6-15-10-18/h6-7,9-11H,3-5,8H2,1-2H3,(H,16,17). The Kier molecular flexibility index (Phi) is 5.74. The minimum Gasteiger partial charge on any atom is -0.466 e. The number of aromatic nitrogens is 3. The summed E-state index contributed by atoms with van der Waals surface area (Å²) < 4.78 is 6.93. The summed E-state index contributed by atoms with van der Waals surface area (Å²) in [4.78, 5) is 19.8. The molecule has 0 aliphatic rings. The second-order valence-corrected chi connectivity index (χ2v) is 5.61. The number of nitrogens with one attached hydrogen (secondary N) is 1. The summed E-state index contributed by atoms with van der Waals surface area (Å²) in [6.45, 7) is 5.16. The molecule has 0 radical (unpaired) electrons. The van der Waals surface area contributed by atoms with E-state index in [1.807, 2.05) is 23.1 Å². The van der Waals surface area contributed by atoms with Gasteiger partial charge in [0.05, 0.1) is 25.0 Å². The van der Waals surface area contributed by atoms with Gasteiger partial charge in [-0.1, -0.05) is 0 Å². The maximum atomic E-state index is 11.3. The van der Waals surface area contributed by atoms with Gasteiger partial charge in [0.25, 0.3) is 0 Å². The fraction of sp³-hybridized carbons (Fsp3) is 0.500. The molecule has 0 saturated carbocycles. The molecule has 0 aromatic carbocycles. The summed E-state index contributed by atoms with van der Waals surface area (Å²) in [6, 6.07) is 0.253. The Morgan fingerprint density at radius 2 is 2.43 bits per heavy atom. The molecule has 114 valence electrons. The molecule has 1 unspecified atom stereocenters. The molecule has 2 aromatic rings. The topological polar surface area (TPSA) is 69.0 Å². The van der Waals surface area contributed by atoms with Crippen LogP contribution < -0.4 is 5.32 Å². The largest absolute Gasteiger partial charge is 0.466 e. The number of ether oxygens (including phenoxy) is 1. The first kappa shape index (κ1) is 15.5. The zero-order chi connectivity index (χ0) is 15.1. The molecule has 0 saturated heterocycles. The van der Waals surface area contributed by atoms with Crippen molar-refractivity contribution in [2.24, 2.45) is 0 Å². The van der Waals surface area contributed by atoms with Crippen LogP contribution in [-0.2, 0) is 22.5 Å². The molecule has 2 rings (SSSR count). The third kappa shape index (κ3) is 5.18. The second kappa shape index (κ2) is 7.78. The fourth-order valence-corrected chi connectivity index (χ4v) is 2.78. The van der Waals surface area contributed by atoms with Gasteiger partial charge in [-0.2, -0.15) is 0 Å². The maximum absolute atomic E-state index is 11.3. The molecule has 0 aliphatic heterocycles. The molecule has 0 aliphatic carbocycles. The molecule has 2 heterocycles. The van der Waals surface area contributed by atoms with Crippen molar-refractivity contribution in [2.75, 3.05) is 11.9 Å². The van der Waals surface area contributed by atoms with Gasteiger partial charge in [0.1, 0.15) is 0 Å². The van der Waals surface area contributed by atoms with Crippen LogP contribution in [0.1, 0.15) is 26.0 Å². The Morgan fingerprint density at radius 1 is 1.57 bits per heavy atom. The van der Waals surface area contributed by atoms with Crippen molar-refractivity contribution >= 4 is 22.4 Å². The van der Waals surface area contributed by atoms with Gasteiger partial charge in [-0.05, 0) is 13.8 Å². The number of hydrogen-bond acceptors (Lipinski definition) is 6. The number of hydrogen-bond donors (Lipinski definition) is 1. The van der Waals surface area contributed by atoms with Gasteiger partial charge in [0.2, 0.25) is 0 Å². The molecule has 0 fully saturated rings. The number of carbonyl (C=O) groups excluding carboxylic acids is 1. The number of anilines is 1. The van der Waals surface area contributed by atoms with Crippen molar-refractivity contribution in [3.63, 3.8) is 0 Å². The minimum absolute atomic E-state index is 0.173. The third-order valence-corrected chi connectivity index (χ3v) is 3.68. The zero-order valence-corrected chi connectivity index (χ0v) is 13.1. The van der Waals surface area contributed by atoms with E-state index in [1.165, 1.54) is 0 Å². The summed E-state index contributed by atoms with van der Waals surface area (Å²) in [6.07, 6.45) is 6.49. The average molecular weight is 308 g/mol. The molecule has 6 nitrogen and oxygen atoms in total. The van der Waals surface area contributed by atoms with Gasteiger partial charge in [-0.3, -0.25) is 4.79 Å². The first-order valence-electron chi connectivity index (χ1n) is 6.99. The van der Waals surface area contributed by atoms with Crippen LogP contribution in [0.4, 0.5) is 5.13 Å². The molecule has 0 amide bonds. The van der Waals surface area contributed by atoms with Gasteiger partial charge < -0.3 is 14.6 Å². The summed E-state index contributed by atoms with van der Waals surface area (Å²) >= 11 is 1.56. The van der Waals surface area contributed by atoms with Crippen molar-refractivity contribution < 1.29 is 9.53 Å². The van der Waals surface area contributed by atoms with Crippen LogP contribution in [0.25, 0.3) is 0 Å². The number of aryl methyl sites for hydroxylation is 1. The molecule has 2 aromatic heterocycles. The van der Waals surface area contributed by atoms with Crippen molar-refractivity contribution in [3.05, 3.63) is 29.8 Å². The number of nitrogens with zero attached hydrogens (tertiary/aromatic N) is 3. The predicted octanol–water partition coefficient (Wildman–Crippen LogP) is 2.34. The van der Waals surface area contributed by atoms with Gasteiger partial charge in [-0.25, -0.2) is 9.97 Å². The van der Waals surface area contributed by atoms with Crippen LogP contribution in [0.2, 0.25) is 0 Å². The Hall–Kier alpha value is -1.89. The van der Waals surface area contributed by atoms with E-state index in [9.17, 15) is 4.79 Å². The molecular formula is C14H20N4O2S. The minimum atomic E-state index is -0.173. The Balaban J connectivity index is 1.78.